The molecule has 134 valence electrons. The average Bonchev–Trinajstić information content (AvgIpc) is 3.03. The number of likely N-dealkylation sites (tertiary alicyclic amines) is 1. The number of likely N-dealkylation sites (N-methyl/N-ethyl adjacent to an activating group) is 1. The Hall–Kier alpha value is -1.63. The molecule has 3 rings (SSSR count). The summed E-state index contributed by atoms with van der Waals surface area (Å²) in [5, 5.41) is 2.86. The number of amides is 4. The summed E-state index contributed by atoms with van der Waals surface area (Å²) in [5.41, 5.74) is -0.750. The van der Waals surface area contributed by atoms with E-state index in [0.29, 0.717) is 37.9 Å². The summed E-state index contributed by atoms with van der Waals surface area (Å²) in [5.74, 6) is 0.0382. The number of carbonyl (C=O) groups excluding carboxylic acids is 3. The third kappa shape index (κ3) is 2.90. The van der Waals surface area contributed by atoms with Gasteiger partial charge >= 0.3 is 6.03 Å². The molecule has 2 heterocycles. The number of nitrogens with one attached hydrogen (secondary N) is 1. The van der Waals surface area contributed by atoms with Gasteiger partial charge in [0.2, 0.25) is 5.91 Å². The van der Waals surface area contributed by atoms with Crippen LogP contribution in [-0.4, -0.2) is 77.9 Å². The van der Waals surface area contributed by atoms with Gasteiger partial charge in [-0.25, -0.2) is 4.79 Å². The van der Waals surface area contributed by atoms with Crippen LogP contribution < -0.4 is 5.32 Å². The molecule has 0 unspecified atom stereocenters. The fraction of sp³-hybridized carbons (Fsp3) is 0.824. The number of imide groups is 1. The second-order valence-electron chi connectivity index (χ2n) is 7.77. The maximum absolute atomic E-state index is 12.7. The Kier molecular flexibility index (Phi) is 4.55. The number of carbonyl (C=O) groups is 3. The highest BCUT2D eigenvalue weighted by Crippen LogP contribution is 2.33. The summed E-state index contributed by atoms with van der Waals surface area (Å²) in [6.45, 7) is 3.32. The predicted octanol–water partition coefficient (Wildman–Crippen LogP) is 0.650. The largest absolute Gasteiger partial charge is 0.339 e. The standard InChI is InChI=1S/C17H28N4O3/c1-12-9-20(10-13(12)19(2)3)14(22)11-21-15(23)17(18-16(21)24)7-5-4-6-8-17/h12-13H,4-11H2,1-3H3,(H,18,24)/t12-,13-/m0/s1. The van der Waals surface area contributed by atoms with Crippen LogP contribution in [0.3, 0.4) is 0 Å². The Bertz CT molecular complexity index is 542. The van der Waals surface area contributed by atoms with Gasteiger partial charge < -0.3 is 15.1 Å². The van der Waals surface area contributed by atoms with Gasteiger partial charge in [-0.15, -0.1) is 0 Å². The van der Waals surface area contributed by atoms with Crippen molar-refractivity contribution >= 4 is 17.8 Å². The van der Waals surface area contributed by atoms with Gasteiger partial charge in [0.25, 0.3) is 5.91 Å². The number of hydrogen-bond donors (Lipinski definition) is 1. The van der Waals surface area contributed by atoms with Crippen molar-refractivity contribution in [3.8, 4) is 0 Å². The molecule has 0 aromatic heterocycles. The molecule has 1 N–H and O–H groups in total. The quantitative estimate of drug-likeness (QED) is 0.768. The number of nitrogens with zero attached hydrogens (tertiary/aromatic N) is 3. The Labute approximate surface area is 143 Å². The van der Waals surface area contributed by atoms with Crippen molar-refractivity contribution in [2.24, 2.45) is 5.92 Å². The molecule has 1 saturated carbocycles. The number of urea groups is 1. The minimum absolute atomic E-state index is 0.137. The first-order valence-electron chi connectivity index (χ1n) is 8.92. The van der Waals surface area contributed by atoms with Gasteiger partial charge in [-0.05, 0) is 32.9 Å². The van der Waals surface area contributed by atoms with E-state index in [1.165, 1.54) is 0 Å². The van der Waals surface area contributed by atoms with Gasteiger partial charge in [-0.1, -0.05) is 26.2 Å². The lowest BCUT2D eigenvalue weighted by atomic mass is 9.82. The van der Waals surface area contributed by atoms with Crippen LogP contribution in [0.25, 0.3) is 0 Å². The van der Waals surface area contributed by atoms with Crippen molar-refractivity contribution in [3.63, 3.8) is 0 Å². The third-order valence-electron chi connectivity index (χ3n) is 5.84. The molecular weight excluding hydrogens is 308 g/mol. The SMILES string of the molecule is C[C@H]1CN(C(=O)CN2C(=O)NC3(CCCCC3)C2=O)C[C@@H]1N(C)C. The van der Waals surface area contributed by atoms with E-state index >= 15 is 0 Å². The van der Waals surface area contributed by atoms with Gasteiger partial charge in [-0.2, -0.15) is 0 Å². The highest BCUT2D eigenvalue weighted by Gasteiger charge is 2.52. The highest BCUT2D eigenvalue weighted by atomic mass is 16.2. The molecule has 0 aromatic rings. The first-order valence-corrected chi connectivity index (χ1v) is 8.92. The molecule has 1 aliphatic carbocycles. The van der Waals surface area contributed by atoms with Crippen molar-refractivity contribution in [2.45, 2.75) is 50.6 Å². The minimum atomic E-state index is -0.750. The molecular formula is C17H28N4O3. The molecule has 1 spiro atoms. The topological polar surface area (TPSA) is 73.0 Å². The number of hydrogen-bond acceptors (Lipinski definition) is 4. The van der Waals surface area contributed by atoms with Crippen molar-refractivity contribution in [2.75, 3.05) is 33.7 Å². The van der Waals surface area contributed by atoms with Gasteiger partial charge in [-0.3, -0.25) is 14.5 Å². The van der Waals surface area contributed by atoms with E-state index in [9.17, 15) is 14.4 Å². The van der Waals surface area contributed by atoms with Crippen LogP contribution >= 0.6 is 0 Å². The van der Waals surface area contributed by atoms with Crippen LogP contribution in [0.2, 0.25) is 0 Å². The zero-order valence-electron chi connectivity index (χ0n) is 14.9. The molecule has 3 aliphatic rings. The summed E-state index contributed by atoms with van der Waals surface area (Å²) < 4.78 is 0. The molecule has 2 aliphatic heterocycles. The van der Waals surface area contributed by atoms with Crippen molar-refractivity contribution in [1.82, 2.24) is 20.0 Å². The summed E-state index contributed by atoms with van der Waals surface area (Å²) in [7, 11) is 4.03. The predicted molar refractivity (Wildman–Crippen MR) is 89.3 cm³/mol. The third-order valence-corrected chi connectivity index (χ3v) is 5.84. The second kappa shape index (κ2) is 6.35. The van der Waals surface area contributed by atoms with Gasteiger partial charge in [0.15, 0.2) is 0 Å². The Morgan fingerprint density at radius 3 is 2.46 bits per heavy atom. The Balaban J connectivity index is 1.64. The maximum Gasteiger partial charge on any atom is 0.325 e. The van der Waals surface area contributed by atoms with E-state index in [0.717, 1.165) is 24.2 Å². The summed E-state index contributed by atoms with van der Waals surface area (Å²) in [4.78, 5) is 42.6. The normalized spacial score (nSPS) is 29.7. The molecule has 2 atom stereocenters. The van der Waals surface area contributed by atoms with E-state index in [1.807, 2.05) is 14.1 Å². The summed E-state index contributed by atoms with van der Waals surface area (Å²) in [6, 6.07) is -0.0894. The number of rotatable bonds is 3. The molecule has 24 heavy (non-hydrogen) atoms. The molecule has 0 bridgehead atoms. The molecule has 0 radical (unpaired) electrons. The fourth-order valence-electron chi connectivity index (χ4n) is 4.37. The smallest absolute Gasteiger partial charge is 0.325 e. The van der Waals surface area contributed by atoms with E-state index in [4.69, 9.17) is 0 Å². The van der Waals surface area contributed by atoms with Gasteiger partial charge in [0.05, 0.1) is 0 Å². The van der Waals surface area contributed by atoms with E-state index in [-0.39, 0.29) is 18.4 Å². The zero-order chi connectivity index (χ0) is 17.5. The molecule has 7 nitrogen and oxygen atoms in total. The van der Waals surface area contributed by atoms with Gasteiger partial charge in [0.1, 0.15) is 12.1 Å². The molecule has 4 amide bonds. The summed E-state index contributed by atoms with van der Waals surface area (Å²) in [6.07, 6.45) is 4.36. The maximum atomic E-state index is 12.7. The molecule has 2 saturated heterocycles. The van der Waals surface area contributed by atoms with Crippen LogP contribution in [0.1, 0.15) is 39.0 Å². The highest BCUT2D eigenvalue weighted by molar-refractivity contribution is 6.09. The Morgan fingerprint density at radius 1 is 1.21 bits per heavy atom. The van der Waals surface area contributed by atoms with Crippen LogP contribution in [0.4, 0.5) is 4.79 Å². The fourth-order valence-corrected chi connectivity index (χ4v) is 4.37. The Morgan fingerprint density at radius 2 is 1.88 bits per heavy atom. The van der Waals surface area contributed by atoms with Crippen LogP contribution in [0, 0.1) is 5.92 Å². The van der Waals surface area contributed by atoms with Crippen LogP contribution in [-0.2, 0) is 9.59 Å². The van der Waals surface area contributed by atoms with Crippen LogP contribution in [0.5, 0.6) is 0 Å². The first kappa shape index (κ1) is 17.2. The lowest BCUT2D eigenvalue weighted by Crippen LogP contribution is -2.49. The van der Waals surface area contributed by atoms with Crippen molar-refractivity contribution in [1.29, 1.82) is 0 Å². The van der Waals surface area contributed by atoms with E-state index in [2.05, 4.69) is 17.1 Å². The monoisotopic (exact) mass is 336 g/mol. The second-order valence-corrected chi connectivity index (χ2v) is 7.77. The van der Waals surface area contributed by atoms with Crippen molar-refractivity contribution in [3.05, 3.63) is 0 Å². The average molecular weight is 336 g/mol. The van der Waals surface area contributed by atoms with Gasteiger partial charge in [0, 0.05) is 19.1 Å². The van der Waals surface area contributed by atoms with Crippen LogP contribution in [0.15, 0.2) is 0 Å². The van der Waals surface area contributed by atoms with E-state index < -0.39 is 11.6 Å². The van der Waals surface area contributed by atoms with Crippen molar-refractivity contribution < 1.29 is 14.4 Å². The lowest BCUT2D eigenvalue weighted by molar-refractivity contribution is -0.139. The van der Waals surface area contributed by atoms with E-state index in [1.54, 1.807) is 4.90 Å². The molecule has 0 aromatic carbocycles. The lowest BCUT2D eigenvalue weighted by Gasteiger charge is -2.30. The minimum Gasteiger partial charge on any atom is -0.339 e. The summed E-state index contributed by atoms with van der Waals surface area (Å²) >= 11 is 0. The molecule has 7 heteroatoms. The first-order chi connectivity index (χ1) is 11.3. The molecule has 3 fully saturated rings. The zero-order valence-corrected chi connectivity index (χ0v) is 14.9.